The Hall–Kier alpha value is -4.68. The highest BCUT2D eigenvalue weighted by molar-refractivity contribution is 7.13. The molecule has 7 N–H and O–H groups in total. The highest BCUT2D eigenvalue weighted by atomic mass is 32.1. The molecule has 5 heterocycles. The number of pyridine rings is 1. The summed E-state index contributed by atoms with van der Waals surface area (Å²) in [6.45, 7) is 14.0. The third kappa shape index (κ3) is 13.9. The fourth-order valence-corrected chi connectivity index (χ4v) is 10.9. The molecule has 0 radical (unpaired) electrons. The number of aromatic nitrogens is 2. The van der Waals surface area contributed by atoms with E-state index in [0.29, 0.717) is 34.1 Å². The maximum Gasteiger partial charge on any atom is 0.351 e. The van der Waals surface area contributed by atoms with Gasteiger partial charge in [0.2, 0.25) is 17.7 Å². The Labute approximate surface area is 425 Å². The van der Waals surface area contributed by atoms with Gasteiger partial charge in [-0.2, -0.15) is 0 Å². The number of cyclic esters (lactones) is 1. The molecular weight excluding hydrogens is 956 g/mol. The van der Waals surface area contributed by atoms with E-state index >= 15 is 4.39 Å². The number of halogens is 1. The van der Waals surface area contributed by atoms with E-state index in [1.54, 1.807) is 44.5 Å². The molecule has 3 aliphatic heterocycles. The van der Waals surface area contributed by atoms with E-state index in [1.807, 2.05) is 39.8 Å². The topological polar surface area (TPSA) is 290 Å². The van der Waals surface area contributed by atoms with Crippen molar-refractivity contribution in [3.8, 4) is 10.6 Å². The molecule has 0 saturated carbocycles. The zero-order valence-electron chi connectivity index (χ0n) is 43.4. The van der Waals surface area contributed by atoms with Crippen molar-refractivity contribution >= 4 is 58.1 Å². The zero-order valence-corrected chi connectivity index (χ0v) is 44.2. The van der Waals surface area contributed by atoms with Gasteiger partial charge in [0.15, 0.2) is 18.7 Å². The molecule has 2 aromatic heterocycles. The number of aliphatic hydroxyl groups is 2. The van der Waals surface area contributed by atoms with Gasteiger partial charge in [0.05, 0.1) is 41.9 Å². The van der Waals surface area contributed by atoms with E-state index in [2.05, 4.69) is 25.4 Å². The summed E-state index contributed by atoms with van der Waals surface area (Å²) in [5.41, 5.74) is 6.37. The number of aliphatic imine (C=N–C) groups is 1. The molecule has 3 amide bonds. The van der Waals surface area contributed by atoms with Gasteiger partial charge in [0.25, 0.3) is 5.67 Å². The van der Waals surface area contributed by atoms with Crippen LogP contribution in [0, 0.1) is 23.7 Å². The number of rotatable bonds is 14. The van der Waals surface area contributed by atoms with Crippen LogP contribution in [0.1, 0.15) is 119 Å². The molecule has 22 heteroatoms. The fourth-order valence-electron chi connectivity index (χ4n) is 10.1. The highest BCUT2D eigenvalue weighted by Gasteiger charge is 2.56. The van der Waals surface area contributed by atoms with Crippen LogP contribution in [-0.4, -0.2) is 146 Å². The molecule has 14 atom stereocenters. The summed E-state index contributed by atoms with van der Waals surface area (Å²) in [6, 6.07) is 2.14. The van der Waals surface area contributed by atoms with Crippen molar-refractivity contribution in [1.82, 2.24) is 14.9 Å². The quantitative estimate of drug-likeness (QED) is 0.0977. The maximum atomic E-state index is 17.1. The number of ether oxygens (including phenoxy) is 4. The molecule has 0 aromatic carbocycles. The average molecular weight is 1030 g/mol. The van der Waals surface area contributed by atoms with Crippen LogP contribution < -0.4 is 16.8 Å². The zero-order chi connectivity index (χ0) is 53.5. The number of likely N-dealkylation sites (N-methyl/N-ethyl adjacent to an activating group) is 1. The molecule has 3 fully saturated rings. The first-order valence-electron chi connectivity index (χ1n) is 24.7. The molecule has 72 heavy (non-hydrogen) atoms. The first-order valence-corrected chi connectivity index (χ1v) is 25.6. The largest absolute Gasteiger partial charge is 0.457 e. The number of ketones is 1. The fraction of sp³-hybridized carbons (Fsp3) is 0.700. The number of anilines is 1. The highest BCUT2D eigenvalue weighted by Crippen LogP contribution is 2.43. The van der Waals surface area contributed by atoms with Crippen molar-refractivity contribution in [2.24, 2.45) is 45.3 Å². The second-order valence-corrected chi connectivity index (χ2v) is 21.2. The number of amides is 3. The second kappa shape index (κ2) is 24.6. The number of hydrogen-bond donors (Lipinski definition) is 5. The van der Waals surface area contributed by atoms with Crippen molar-refractivity contribution in [1.29, 1.82) is 0 Å². The standard InChI is InChI=1S/C50H75FN8O12S/c1-12-36-50(9,66)33-17-16-32(58-68-24-31-15-14-30(22-54-31)45-56-38(25-72-45)55-44(64)34(52)18-19-37(53)60)23-67-48(7,21-26(3)40(28(33)5)57-39(61)13-2)43(29(6)42(63)49(8,51)47(65)70-36)71-46-41(62)35(59(10)11)20-27(4)69-46/h14-15,22,25-29,33-36,41,43,46,62,66H,12-13,16-21,23-24,52H2,1-11H3,(H2,53,60)(H,55,64)/b57-40+,58-32+/t26-,27-,28-,29+,33-,34+,35+,36-,41-,43-,46+,48-,49+,50+/m1/s1. The first-order chi connectivity index (χ1) is 33.7. The van der Waals surface area contributed by atoms with Gasteiger partial charge in [-0.15, -0.1) is 11.3 Å². The Morgan fingerprint density at radius 1 is 1.11 bits per heavy atom. The van der Waals surface area contributed by atoms with Crippen LogP contribution in [0.15, 0.2) is 33.9 Å². The number of nitrogens with two attached hydrogens (primary N) is 2. The van der Waals surface area contributed by atoms with Gasteiger partial charge in [-0.05, 0) is 104 Å². The molecule has 2 bridgehead atoms. The SMILES string of the molecule is CCC(=O)/N=C1\[C@H](C)C[C@@]2(C)OC/C(=N/OCc3ccc(-c4nc(NC(=O)[C@@H](N)CCC(N)=O)cs4)cn3)CC[C@H]([C@H]1C)[C@](C)(O)[C@@H](CC)OC(=O)[C@@](C)(F)C(=O)[C@H](C)[C@H]2O[C@@H]1O[C@H](C)C[C@H](N(C)C)[C@H]1O. The Bertz CT molecular complexity index is 2290. The van der Waals surface area contributed by atoms with Crippen molar-refractivity contribution in [2.75, 3.05) is 26.0 Å². The molecule has 2 aromatic rings. The van der Waals surface area contributed by atoms with Crippen molar-refractivity contribution in [3.05, 3.63) is 29.4 Å². The number of thiazole rings is 1. The van der Waals surface area contributed by atoms with E-state index in [0.717, 1.165) is 6.92 Å². The van der Waals surface area contributed by atoms with E-state index in [4.69, 9.17) is 35.3 Å². The monoisotopic (exact) mass is 1030 g/mol. The van der Waals surface area contributed by atoms with Gasteiger partial charge in [-0.25, -0.2) is 19.2 Å². The Morgan fingerprint density at radius 3 is 2.44 bits per heavy atom. The van der Waals surface area contributed by atoms with Crippen LogP contribution in [-0.2, 0) is 54.4 Å². The van der Waals surface area contributed by atoms with Crippen LogP contribution in [0.2, 0.25) is 0 Å². The number of primary amides is 1. The molecule has 0 spiro atoms. The number of nitrogens with one attached hydrogen (secondary N) is 1. The summed E-state index contributed by atoms with van der Waals surface area (Å²) in [5, 5.41) is 33.8. The molecule has 0 aliphatic carbocycles. The van der Waals surface area contributed by atoms with Crippen LogP contribution in [0.25, 0.3) is 10.6 Å². The van der Waals surface area contributed by atoms with Crippen molar-refractivity contribution in [3.63, 3.8) is 0 Å². The van der Waals surface area contributed by atoms with E-state index in [1.165, 1.54) is 25.2 Å². The number of fused-ring (bicyclic) bond motifs is 5. The van der Waals surface area contributed by atoms with Crippen LogP contribution in [0.5, 0.6) is 0 Å². The summed E-state index contributed by atoms with van der Waals surface area (Å²) in [7, 11) is 3.63. The lowest BCUT2D eigenvalue weighted by Gasteiger charge is -2.48. The van der Waals surface area contributed by atoms with Gasteiger partial charge in [-0.1, -0.05) is 39.8 Å². The number of Topliss-reactive ketones (excluding diaryl/α,β-unsaturated/α-hetero) is 1. The summed E-state index contributed by atoms with van der Waals surface area (Å²) in [5.74, 6) is -7.32. The Morgan fingerprint density at radius 2 is 1.82 bits per heavy atom. The molecule has 0 unspecified atom stereocenters. The lowest BCUT2D eigenvalue weighted by Crippen LogP contribution is -2.61. The Kier molecular flexibility index (Phi) is 19.9. The molecule has 20 nitrogen and oxygen atoms in total. The lowest BCUT2D eigenvalue weighted by atomic mass is 9.68. The number of carbonyl (C=O) groups excluding carboxylic acids is 5. The van der Waals surface area contributed by atoms with Crippen LogP contribution in [0.4, 0.5) is 10.2 Å². The minimum Gasteiger partial charge on any atom is -0.457 e. The van der Waals surface area contributed by atoms with Gasteiger partial charge in [-0.3, -0.25) is 24.2 Å². The predicted octanol–water partition coefficient (Wildman–Crippen LogP) is 4.67. The second-order valence-electron chi connectivity index (χ2n) is 20.3. The third-order valence-corrected chi connectivity index (χ3v) is 15.2. The van der Waals surface area contributed by atoms with E-state index < -0.39 is 113 Å². The number of hydrogen-bond acceptors (Lipinski definition) is 18. The molecule has 400 valence electrons. The Balaban J connectivity index is 1.55. The van der Waals surface area contributed by atoms with Gasteiger partial charge in [0, 0.05) is 53.6 Å². The number of oxime groups is 1. The number of aliphatic hydroxyl groups excluding tert-OH is 1. The normalized spacial score (nSPS) is 34.7. The smallest absolute Gasteiger partial charge is 0.351 e. The number of carbonyl (C=O) groups is 5. The summed E-state index contributed by atoms with van der Waals surface area (Å²) >= 11 is 1.27. The number of alkyl halides is 1. The maximum absolute atomic E-state index is 17.1. The summed E-state index contributed by atoms with van der Waals surface area (Å²) in [4.78, 5) is 87.0. The lowest BCUT2D eigenvalue weighted by molar-refractivity contribution is -0.296. The molecular formula is C50H75FN8O12S. The third-order valence-electron chi connectivity index (χ3n) is 14.3. The minimum absolute atomic E-state index is 0.0201. The average Bonchev–Trinajstić information content (AvgIpc) is 3.79. The molecule has 3 aliphatic rings. The van der Waals surface area contributed by atoms with Crippen molar-refractivity contribution in [2.45, 2.75) is 180 Å². The molecule has 5 rings (SSSR count). The van der Waals surface area contributed by atoms with E-state index in [9.17, 15) is 34.2 Å². The summed E-state index contributed by atoms with van der Waals surface area (Å²) in [6.07, 6.45) is -3.09. The van der Waals surface area contributed by atoms with Gasteiger partial charge >= 0.3 is 5.97 Å². The number of esters is 1. The van der Waals surface area contributed by atoms with Crippen LogP contribution >= 0.6 is 11.3 Å². The minimum atomic E-state index is -3.22. The number of nitrogens with zero attached hydrogens (tertiary/aromatic N) is 5. The predicted molar refractivity (Wildman–Crippen MR) is 267 cm³/mol. The summed E-state index contributed by atoms with van der Waals surface area (Å²) < 4.78 is 42.7. The van der Waals surface area contributed by atoms with Gasteiger partial charge < -0.3 is 55.7 Å². The van der Waals surface area contributed by atoms with Gasteiger partial charge in [0.1, 0.15) is 28.6 Å². The first kappa shape index (κ1) is 58.2. The van der Waals surface area contributed by atoms with E-state index in [-0.39, 0.29) is 64.0 Å². The van der Waals surface area contributed by atoms with Crippen molar-refractivity contribution < 1.29 is 62.4 Å². The van der Waals surface area contributed by atoms with Crippen LogP contribution in [0.3, 0.4) is 0 Å². The molecule has 3 saturated heterocycles.